The molecule has 1 heterocycles. The molecule has 1 aliphatic heterocycles. The lowest BCUT2D eigenvalue weighted by Crippen LogP contribution is -2.32. The Morgan fingerprint density at radius 1 is 1.29 bits per heavy atom. The minimum Gasteiger partial charge on any atom is -0.507 e. The van der Waals surface area contributed by atoms with Crippen molar-refractivity contribution in [2.45, 2.75) is 19.4 Å². The van der Waals surface area contributed by atoms with Gasteiger partial charge in [-0.1, -0.05) is 29.8 Å². The van der Waals surface area contributed by atoms with Crippen LogP contribution in [0.3, 0.4) is 0 Å². The molecule has 1 aliphatic rings. The van der Waals surface area contributed by atoms with Crippen molar-refractivity contribution in [2.24, 2.45) is 0 Å². The van der Waals surface area contributed by atoms with E-state index >= 15 is 0 Å². The number of benzene rings is 2. The number of aryl methyl sites for hydroxylation is 1. The van der Waals surface area contributed by atoms with E-state index in [1.165, 1.54) is 0 Å². The van der Waals surface area contributed by atoms with Gasteiger partial charge in [-0.2, -0.15) is 0 Å². The molecule has 0 saturated carbocycles. The number of carbonyl (C=O) groups is 1. The minimum atomic E-state index is -0.266. The lowest BCUT2D eigenvalue weighted by atomic mass is 10.00. The number of aromatic hydroxyl groups is 1. The first-order valence-electron chi connectivity index (χ1n) is 6.97. The molecular weight excluding hydrogens is 266 g/mol. The minimum absolute atomic E-state index is 0.00144. The maximum absolute atomic E-state index is 12.4. The molecule has 0 aliphatic carbocycles. The molecule has 1 amide bonds. The molecule has 1 atom stereocenters. The SMILES string of the molecule is Cc1ccc(O)c(C(=O)NC2CCOc3ccccc32)c1. The van der Waals surface area contributed by atoms with E-state index in [1.807, 2.05) is 31.2 Å². The second-order valence-electron chi connectivity index (χ2n) is 5.22. The molecule has 2 aromatic rings. The van der Waals surface area contributed by atoms with Gasteiger partial charge in [0, 0.05) is 12.0 Å². The van der Waals surface area contributed by atoms with Crippen molar-refractivity contribution in [1.82, 2.24) is 5.32 Å². The number of hydrogen-bond donors (Lipinski definition) is 2. The van der Waals surface area contributed by atoms with Gasteiger partial charge >= 0.3 is 0 Å². The van der Waals surface area contributed by atoms with Crippen molar-refractivity contribution >= 4 is 5.91 Å². The molecule has 0 fully saturated rings. The highest BCUT2D eigenvalue weighted by Gasteiger charge is 2.23. The summed E-state index contributed by atoms with van der Waals surface area (Å²) in [5, 5.41) is 12.8. The molecular formula is C17H17NO3. The first-order chi connectivity index (χ1) is 10.1. The Kier molecular flexibility index (Phi) is 3.52. The molecule has 4 nitrogen and oxygen atoms in total. The average Bonchev–Trinajstić information content (AvgIpc) is 2.50. The first-order valence-corrected chi connectivity index (χ1v) is 6.97. The van der Waals surface area contributed by atoms with Crippen LogP contribution in [0.4, 0.5) is 0 Å². The summed E-state index contributed by atoms with van der Waals surface area (Å²) in [5.41, 5.74) is 2.22. The zero-order valence-electron chi connectivity index (χ0n) is 11.8. The van der Waals surface area contributed by atoms with Gasteiger partial charge < -0.3 is 15.2 Å². The second kappa shape index (κ2) is 5.48. The standard InChI is InChI=1S/C17H17NO3/c1-11-6-7-15(19)13(10-11)17(20)18-14-8-9-21-16-5-3-2-4-12(14)16/h2-7,10,14,19H,8-9H2,1H3,(H,18,20). The second-order valence-corrected chi connectivity index (χ2v) is 5.22. The van der Waals surface area contributed by atoms with Gasteiger partial charge in [0.2, 0.25) is 0 Å². The van der Waals surface area contributed by atoms with Gasteiger partial charge in [-0.15, -0.1) is 0 Å². The quantitative estimate of drug-likeness (QED) is 0.891. The van der Waals surface area contributed by atoms with Crippen molar-refractivity contribution in [1.29, 1.82) is 0 Å². The summed E-state index contributed by atoms with van der Waals surface area (Å²) in [7, 11) is 0. The Bertz CT molecular complexity index is 681. The summed E-state index contributed by atoms with van der Waals surface area (Å²) in [5.74, 6) is 0.541. The monoisotopic (exact) mass is 283 g/mol. The maximum atomic E-state index is 12.4. The van der Waals surface area contributed by atoms with Crippen LogP contribution in [0, 0.1) is 6.92 Å². The van der Waals surface area contributed by atoms with Gasteiger partial charge in [-0.25, -0.2) is 0 Å². The van der Waals surface area contributed by atoms with Crippen LogP contribution in [0.1, 0.15) is 33.9 Å². The normalized spacial score (nSPS) is 16.7. The highest BCUT2D eigenvalue weighted by atomic mass is 16.5. The molecule has 21 heavy (non-hydrogen) atoms. The largest absolute Gasteiger partial charge is 0.507 e. The fourth-order valence-corrected chi connectivity index (χ4v) is 2.56. The lowest BCUT2D eigenvalue weighted by molar-refractivity contribution is 0.0922. The molecule has 1 unspecified atom stereocenters. The lowest BCUT2D eigenvalue weighted by Gasteiger charge is -2.26. The molecule has 2 N–H and O–H groups in total. The predicted octanol–water partition coefficient (Wildman–Crippen LogP) is 2.95. The van der Waals surface area contributed by atoms with Crippen LogP contribution >= 0.6 is 0 Å². The third-order valence-corrected chi connectivity index (χ3v) is 3.66. The van der Waals surface area contributed by atoms with E-state index in [-0.39, 0.29) is 17.7 Å². The van der Waals surface area contributed by atoms with Gasteiger partial charge in [0.15, 0.2) is 0 Å². The average molecular weight is 283 g/mol. The van der Waals surface area contributed by atoms with Crippen LogP contribution in [0.5, 0.6) is 11.5 Å². The van der Waals surface area contributed by atoms with Crippen LogP contribution in [0.25, 0.3) is 0 Å². The van der Waals surface area contributed by atoms with Gasteiger partial charge in [0.1, 0.15) is 11.5 Å². The van der Waals surface area contributed by atoms with Gasteiger partial charge in [0.05, 0.1) is 18.2 Å². The smallest absolute Gasteiger partial charge is 0.255 e. The summed E-state index contributed by atoms with van der Waals surface area (Å²) < 4.78 is 5.58. The molecule has 0 saturated heterocycles. The Morgan fingerprint density at radius 3 is 2.95 bits per heavy atom. The number of hydrogen-bond acceptors (Lipinski definition) is 3. The van der Waals surface area contributed by atoms with Crippen molar-refractivity contribution in [3.8, 4) is 11.5 Å². The zero-order chi connectivity index (χ0) is 14.8. The molecule has 0 spiro atoms. The summed E-state index contributed by atoms with van der Waals surface area (Å²) in [4.78, 5) is 12.4. The van der Waals surface area contributed by atoms with Gasteiger partial charge in [-0.3, -0.25) is 4.79 Å². The highest BCUT2D eigenvalue weighted by Crippen LogP contribution is 2.32. The molecule has 0 bridgehead atoms. The first kappa shape index (κ1) is 13.5. The Labute approximate surface area is 123 Å². The number of ether oxygens (including phenoxy) is 1. The van der Waals surface area contributed by atoms with Crippen molar-refractivity contribution in [2.75, 3.05) is 6.61 Å². The van der Waals surface area contributed by atoms with E-state index in [1.54, 1.807) is 18.2 Å². The van der Waals surface area contributed by atoms with E-state index in [0.717, 1.165) is 23.3 Å². The van der Waals surface area contributed by atoms with Crippen LogP contribution in [0.2, 0.25) is 0 Å². The topological polar surface area (TPSA) is 58.6 Å². The number of carbonyl (C=O) groups excluding carboxylic acids is 1. The molecule has 2 aromatic carbocycles. The highest BCUT2D eigenvalue weighted by molar-refractivity contribution is 5.97. The summed E-state index contributed by atoms with van der Waals surface area (Å²) in [6.07, 6.45) is 0.718. The predicted molar refractivity (Wildman–Crippen MR) is 79.6 cm³/mol. The zero-order valence-corrected chi connectivity index (χ0v) is 11.8. The van der Waals surface area contributed by atoms with E-state index in [0.29, 0.717) is 12.2 Å². The molecule has 4 heteroatoms. The number of phenolic OH excluding ortho intramolecular Hbond substituents is 1. The fourth-order valence-electron chi connectivity index (χ4n) is 2.56. The van der Waals surface area contributed by atoms with Gasteiger partial charge in [-0.05, 0) is 25.1 Å². The van der Waals surface area contributed by atoms with E-state index in [9.17, 15) is 9.90 Å². The van der Waals surface area contributed by atoms with E-state index in [4.69, 9.17) is 4.74 Å². The Hall–Kier alpha value is -2.49. The molecule has 3 rings (SSSR count). The molecule has 0 radical (unpaired) electrons. The number of para-hydroxylation sites is 1. The summed E-state index contributed by atoms with van der Waals surface area (Å²) in [6, 6.07) is 12.6. The summed E-state index contributed by atoms with van der Waals surface area (Å²) >= 11 is 0. The Balaban J connectivity index is 1.84. The van der Waals surface area contributed by atoms with Gasteiger partial charge in [0.25, 0.3) is 5.91 Å². The number of fused-ring (bicyclic) bond motifs is 1. The third kappa shape index (κ3) is 2.70. The maximum Gasteiger partial charge on any atom is 0.255 e. The van der Waals surface area contributed by atoms with E-state index < -0.39 is 0 Å². The molecule has 108 valence electrons. The van der Waals surface area contributed by atoms with Crippen LogP contribution in [-0.2, 0) is 0 Å². The van der Waals surface area contributed by atoms with Crippen LogP contribution in [0.15, 0.2) is 42.5 Å². The van der Waals surface area contributed by atoms with E-state index in [2.05, 4.69) is 5.32 Å². The van der Waals surface area contributed by atoms with Crippen LogP contribution < -0.4 is 10.1 Å². The number of phenols is 1. The molecule has 0 aromatic heterocycles. The number of amides is 1. The Morgan fingerprint density at radius 2 is 2.10 bits per heavy atom. The third-order valence-electron chi connectivity index (χ3n) is 3.66. The van der Waals surface area contributed by atoms with Crippen molar-refractivity contribution < 1.29 is 14.6 Å². The van der Waals surface area contributed by atoms with Crippen molar-refractivity contribution in [3.63, 3.8) is 0 Å². The van der Waals surface area contributed by atoms with Crippen LogP contribution in [-0.4, -0.2) is 17.6 Å². The van der Waals surface area contributed by atoms with Crippen molar-refractivity contribution in [3.05, 3.63) is 59.2 Å². The number of rotatable bonds is 2. The number of nitrogens with one attached hydrogen (secondary N) is 1. The fraction of sp³-hybridized carbons (Fsp3) is 0.235. The summed E-state index contributed by atoms with van der Waals surface area (Å²) in [6.45, 7) is 2.46.